The second kappa shape index (κ2) is 11.9. The fourth-order valence-electron chi connectivity index (χ4n) is 3.34. The van der Waals surface area contributed by atoms with Gasteiger partial charge < -0.3 is 5.11 Å². The zero-order valence-corrected chi connectivity index (χ0v) is 21.7. The average molecular weight is 679 g/mol. The second-order valence-electron chi connectivity index (χ2n) is 7.78. The van der Waals surface area contributed by atoms with Crippen molar-refractivity contribution in [2.45, 2.75) is 13.1 Å². The van der Waals surface area contributed by atoms with E-state index in [1.807, 2.05) is 55.5 Å². The fourth-order valence-corrected chi connectivity index (χ4v) is 3.34. The molecule has 5 aromatic rings. The molecule has 0 bridgehead atoms. The Labute approximate surface area is 224 Å². The van der Waals surface area contributed by atoms with E-state index in [1.54, 1.807) is 12.1 Å². The maximum atomic E-state index is 12.9. The number of hydrogen-bond donors (Lipinski definition) is 1. The summed E-state index contributed by atoms with van der Waals surface area (Å²) in [4.78, 5) is 23.1. The first-order chi connectivity index (χ1) is 17.2. The molecule has 0 atom stereocenters. The van der Waals surface area contributed by atoms with Gasteiger partial charge in [0.15, 0.2) is 0 Å². The summed E-state index contributed by atoms with van der Waals surface area (Å²) in [5.41, 5.74) is 4.29. The molecule has 9 heteroatoms. The maximum absolute atomic E-state index is 12.9. The topological polar surface area (TPSA) is 76.0 Å². The van der Waals surface area contributed by atoms with Crippen LogP contribution < -0.4 is 0 Å². The number of carboxylic acids is 1. The van der Waals surface area contributed by atoms with Crippen LogP contribution in [0.5, 0.6) is 0 Å². The number of nitrogens with zero attached hydrogens (tertiary/aromatic N) is 3. The van der Waals surface area contributed by atoms with Gasteiger partial charge in [-0.15, -0.1) is 29.8 Å². The van der Waals surface area contributed by atoms with Crippen LogP contribution in [0.2, 0.25) is 0 Å². The smallest absolute Gasteiger partial charge is 0.381 e. The molecule has 2 aromatic heterocycles. The van der Waals surface area contributed by atoms with Crippen molar-refractivity contribution >= 4 is 17.0 Å². The van der Waals surface area contributed by atoms with Gasteiger partial charge in [-0.2, -0.15) is 13.2 Å². The van der Waals surface area contributed by atoms with Crippen molar-refractivity contribution in [1.29, 1.82) is 0 Å². The number of aromatic nitrogens is 3. The molecular weight excluding hydrogens is 660 g/mol. The van der Waals surface area contributed by atoms with Gasteiger partial charge in [0.1, 0.15) is 5.69 Å². The van der Waals surface area contributed by atoms with Gasteiger partial charge in [-0.3, -0.25) is 9.97 Å². The molecular formula is C28H19F3IrN3O2-. The third kappa shape index (κ3) is 6.84. The van der Waals surface area contributed by atoms with Gasteiger partial charge in [-0.1, -0.05) is 48.0 Å². The van der Waals surface area contributed by atoms with Crippen molar-refractivity contribution in [3.8, 4) is 22.5 Å². The van der Waals surface area contributed by atoms with Crippen molar-refractivity contribution in [3.63, 3.8) is 0 Å². The SMILES string of the molecule is Cc1ccc(-c2nc3ccccc3nc2-c2[c-]cc(C(F)(F)F)cc2)cc1.O=C(O)c1ccccn1.[Ir]. The molecule has 5 nitrogen and oxygen atoms in total. The van der Waals surface area contributed by atoms with E-state index in [4.69, 9.17) is 10.1 Å². The summed E-state index contributed by atoms with van der Waals surface area (Å²) in [5, 5.41) is 8.32. The Morgan fingerprint density at radius 1 is 0.838 bits per heavy atom. The van der Waals surface area contributed by atoms with Crippen molar-refractivity contribution in [3.05, 3.63) is 114 Å². The summed E-state index contributed by atoms with van der Waals surface area (Å²) in [6, 6.07) is 26.1. The molecule has 0 saturated heterocycles. The summed E-state index contributed by atoms with van der Waals surface area (Å²) >= 11 is 0. The zero-order valence-electron chi connectivity index (χ0n) is 19.3. The third-order valence-corrected chi connectivity index (χ3v) is 5.17. The van der Waals surface area contributed by atoms with E-state index in [0.717, 1.165) is 28.8 Å². The van der Waals surface area contributed by atoms with Gasteiger partial charge >= 0.3 is 12.1 Å². The first-order valence-corrected chi connectivity index (χ1v) is 10.8. The molecule has 2 heterocycles. The van der Waals surface area contributed by atoms with Crippen molar-refractivity contribution in [2.24, 2.45) is 0 Å². The minimum absolute atomic E-state index is 0. The van der Waals surface area contributed by atoms with Gasteiger partial charge in [0, 0.05) is 32.0 Å². The summed E-state index contributed by atoms with van der Waals surface area (Å²) in [6.07, 6.45) is -2.95. The van der Waals surface area contributed by atoms with Crippen LogP contribution in [0.25, 0.3) is 33.5 Å². The molecule has 0 aliphatic rings. The molecule has 37 heavy (non-hydrogen) atoms. The molecule has 0 aliphatic carbocycles. The number of para-hydroxylation sites is 2. The second-order valence-corrected chi connectivity index (χ2v) is 7.78. The Balaban J connectivity index is 0.000000324. The summed E-state index contributed by atoms with van der Waals surface area (Å²) < 4.78 is 38.6. The number of benzene rings is 3. The predicted molar refractivity (Wildman–Crippen MR) is 130 cm³/mol. The number of alkyl halides is 3. The summed E-state index contributed by atoms with van der Waals surface area (Å²) in [6.45, 7) is 1.99. The van der Waals surface area contributed by atoms with Gasteiger partial charge in [0.25, 0.3) is 0 Å². The van der Waals surface area contributed by atoms with Gasteiger partial charge in [0.2, 0.25) is 0 Å². The molecule has 0 unspecified atom stereocenters. The number of pyridine rings is 1. The number of fused-ring (bicyclic) bond motifs is 1. The molecule has 5 rings (SSSR count). The first-order valence-electron chi connectivity index (χ1n) is 10.8. The minimum atomic E-state index is -4.40. The Hall–Kier alpha value is -3.94. The van der Waals surface area contributed by atoms with E-state index in [1.165, 1.54) is 18.3 Å². The van der Waals surface area contributed by atoms with Crippen molar-refractivity contribution < 1.29 is 43.2 Å². The zero-order chi connectivity index (χ0) is 25.7. The molecule has 0 amide bonds. The molecule has 0 saturated carbocycles. The van der Waals surface area contributed by atoms with Crippen LogP contribution in [-0.2, 0) is 26.3 Å². The number of halogens is 3. The molecule has 0 fully saturated rings. The first kappa shape index (κ1) is 27.6. The summed E-state index contributed by atoms with van der Waals surface area (Å²) in [7, 11) is 0. The van der Waals surface area contributed by atoms with Crippen LogP contribution in [0.15, 0.2) is 91.1 Å². The average Bonchev–Trinajstić information content (AvgIpc) is 2.89. The van der Waals surface area contributed by atoms with Gasteiger partial charge in [-0.25, -0.2) is 9.78 Å². The molecule has 189 valence electrons. The van der Waals surface area contributed by atoms with E-state index in [9.17, 15) is 18.0 Å². The van der Waals surface area contributed by atoms with Crippen LogP contribution in [0, 0.1) is 13.0 Å². The summed E-state index contributed by atoms with van der Waals surface area (Å²) in [5.74, 6) is -0.990. The van der Waals surface area contributed by atoms with Crippen LogP contribution >= 0.6 is 0 Å². The standard InChI is InChI=1S/C22H14F3N2.C6H5NO2.Ir/c1-14-6-8-15(9-7-14)20-21(27-19-5-3-2-4-18(19)26-20)16-10-12-17(13-11-16)22(23,24)25;8-6(9)5-3-1-2-4-7-5;/h2-10,12-13H,1H3;1-4H,(H,8,9);/q-1;;. The Bertz CT molecular complexity index is 1490. The Morgan fingerprint density at radius 3 is 1.95 bits per heavy atom. The quantitative estimate of drug-likeness (QED) is 0.211. The Morgan fingerprint density at radius 2 is 1.46 bits per heavy atom. The molecule has 1 radical (unpaired) electrons. The molecule has 1 N–H and O–H groups in total. The van der Waals surface area contributed by atoms with Crippen LogP contribution in [0.3, 0.4) is 0 Å². The van der Waals surface area contributed by atoms with Gasteiger partial charge in [-0.05, 0) is 42.3 Å². The molecule has 0 spiro atoms. The largest absolute Gasteiger partial charge is 0.477 e. The minimum Gasteiger partial charge on any atom is -0.477 e. The Kier molecular flexibility index (Phi) is 8.86. The maximum Gasteiger partial charge on any atom is 0.381 e. The van der Waals surface area contributed by atoms with Crippen molar-refractivity contribution in [1.82, 2.24) is 15.0 Å². The number of aryl methyl sites for hydroxylation is 1. The normalized spacial score (nSPS) is 10.7. The molecule has 3 aromatic carbocycles. The van der Waals surface area contributed by atoms with Crippen molar-refractivity contribution in [2.75, 3.05) is 0 Å². The number of carboxylic acid groups (broad SMARTS) is 1. The van der Waals surface area contributed by atoms with E-state index < -0.39 is 17.7 Å². The van der Waals surface area contributed by atoms with E-state index in [2.05, 4.69) is 16.0 Å². The fraction of sp³-hybridized carbons (Fsp3) is 0.0714. The van der Waals surface area contributed by atoms with E-state index in [0.29, 0.717) is 22.5 Å². The van der Waals surface area contributed by atoms with Crippen LogP contribution in [0.4, 0.5) is 13.2 Å². The van der Waals surface area contributed by atoms with E-state index in [-0.39, 0.29) is 25.8 Å². The number of aromatic carboxylic acids is 1. The molecule has 0 aliphatic heterocycles. The number of carbonyl (C=O) groups is 1. The predicted octanol–water partition coefficient (Wildman–Crippen LogP) is 6.87. The van der Waals surface area contributed by atoms with E-state index >= 15 is 0 Å². The van der Waals surface area contributed by atoms with Gasteiger partial charge in [0.05, 0.1) is 16.7 Å². The number of hydrogen-bond acceptors (Lipinski definition) is 4. The third-order valence-electron chi connectivity index (χ3n) is 5.17. The number of rotatable bonds is 3. The van der Waals surface area contributed by atoms with Crippen LogP contribution in [-0.4, -0.2) is 26.0 Å². The monoisotopic (exact) mass is 679 g/mol. The van der Waals surface area contributed by atoms with Crippen LogP contribution in [0.1, 0.15) is 21.6 Å².